The lowest BCUT2D eigenvalue weighted by Crippen LogP contribution is -2.47. The highest BCUT2D eigenvalue weighted by atomic mass is 31.3. The minimum absolute atomic E-state index is 0.0229. The third-order valence-electron chi connectivity index (χ3n) is 9.57. The highest BCUT2D eigenvalue weighted by Crippen LogP contribution is 2.62. The molecule has 42 heteroatoms. The van der Waals surface area contributed by atoms with Gasteiger partial charge in [-0.2, -0.15) is 4.98 Å². The van der Waals surface area contributed by atoms with E-state index in [0.29, 0.717) is 10.9 Å². The summed E-state index contributed by atoms with van der Waals surface area (Å²) >= 11 is 0. The van der Waals surface area contributed by atoms with E-state index in [-0.39, 0.29) is 34.2 Å². The normalized spacial score (nSPS) is 27.7. The van der Waals surface area contributed by atoms with Gasteiger partial charge in [-0.3, -0.25) is 65.3 Å². The van der Waals surface area contributed by atoms with Crippen LogP contribution in [0.2, 0.25) is 0 Å². The zero-order valence-corrected chi connectivity index (χ0v) is 38.6. The number of methoxy groups -OCH3 is 1. The van der Waals surface area contributed by atoms with Gasteiger partial charge in [0.15, 0.2) is 36.7 Å². The highest BCUT2D eigenvalue weighted by Gasteiger charge is 2.49. The van der Waals surface area contributed by atoms with Crippen molar-refractivity contribution in [3.05, 3.63) is 39.6 Å². The number of aromatic nitrogens is 11. The van der Waals surface area contributed by atoms with Crippen LogP contribution in [0, 0.1) is 0 Å². The summed E-state index contributed by atoms with van der Waals surface area (Å²) in [5.41, 5.74) is 8.16. The van der Waals surface area contributed by atoms with E-state index in [0.717, 1.165) is 18.0 Å². The number of ether oxygens (including phenoxy) is 3. The van der Waals surface area contributed by atoms with Crippen molar-refractivity contribution in [1.82, 2.24) is 54.1 Å². The molecule has 0 saturated carbocycles. The molecule has 376 valence electrons. The standard InChI is InChI=1S/C26H39N14O23P5/c1-37-9-40(20-14(37)22(45)34-26(28)32-20)24-18(56-2)16(42)11(60-24)7-58-67(52,53)63-68(54,55)61-64(46,47)12-5-38(36-35-12)4-3-30-65(48,49)62-66(50,51)57-6-10-15(41)17(43)23(59-10)39-8-29-13-19(39)31-25(27)33-21(13)44/h5,8-11,15-18,23-24,41-43H,3-4,6-7H2,1-2H3,(H11-,27,28,30,31,32,33,34,44,45,46,47,48,49,50,51,52,53,54,55)/p-4/t10-,11-,15?,16+,17+,18?,23-,24-/m1/s1. The Balaban J connectivity index is 0.878. The van der Waals surface area contributed by atoms with Gasteiger partial charge in [-0.15, -0.1) is 5.10 Å². The molecule has 0 amide bonds. The number of phosphoric acid groups is 3. The van der Waals surface area contributed by atoms with Crippen LogP contribution in [0.5, 0.6) is 0 Å². The first-order valence-corrected chi connectivity index (χ1v) is 26.1. The largest absolute Gasteiger partial charge is 0.774 e. The number of rotatable bonds is 20. The molecule has 7 rings (SSSR count). The molecule has 10 N–H and O–H groups in total. The molecule has 2 fully saturated rings. The van der Waals surface area contributed by atoms with Crippen LogP contribution in [0.15, 0.2) is 28.4 Å². The molecule has 0 aliphatic carbocycles. The summed E-state index contributed by atoms with van der Waals surface area (Å²) in [7, 11) is -27.1. The molecular formula is C26H35N14O23P5-4. The van der Waals surface area contributed by atoms with E-state index >= 15 is 0 Å². The second kappa shape index (κ2) is 19.3. The van der Waals surface area contributed by atoms with Crippen LogP contribution in [-0.2, 0) is 72.6 Å². The van der Waals surface area contributed by atoms with Gasteiger partial charge in [-0.25, -0.2) is 13.9 Å². The van der Waals surface area contributed by atoms with Crippen LogP contribution in [0.1, 0.15) is 12.5 Å². The number of nitrogens with one attached hydrogen (secondary N) is 3. The minimum atomic E-state index is -6.41. The third-order valence-corrected chi connectivity index (χ3v) is 16.8. The Morgan fingerprint density at radius 3 is 2.18 bits per heavy atom. The van der Waals surface area contributed by atoms with Gasteiger partial charge in [0, 0.05) is 13.7 Å². The summed E-state index contributed by atoms with van der Waals surface area (Å²) in [4.78, 5) is 103. The molecule has 7 heterocycles. The van der Waals surface area contributed by atoms with E-state index in [2.05, 4.69) is 57.2 Å². The summed E-state index contributed by atoms with van der Waals surface area (Å²) in [6.45, 7) is -3.71. The van der Waals surface area contributed by atoms with Crippen molar-refractivity contribution in [2.75, 3.05) is 38.3 Å². The molecule has 5 aromatic heterocycles. The lowest BCUT2D eigenvalue weighted by atomic mass is 10.1. The van der Waals surface area contributed by atoms with Crippen molar-refractivity contribution < 1.29 is 103 Å². The zero-order valence-electron chi connectivity index (χ0n) is 34.1. The molecule has 0 radical (unpaired) electrons. The number of nitrogens with zero attached hydrogens (tertiary/aromatic N) is 9. The highest BCUT2D eigenvalue weighted by molar-refractivity contribution is 7.70. The van der Waals surface area contributed by atoms with Crippen LogP contribution < -0.4 is 62.1 Å². The second-order valence-electron chi connectivity index (χ2n) is 14.3. The number of nitrogen functional groups attached to an aromatic ring is 2. The molecule has 2 saturated heterocycles. The van der Waals surface area contributed by atoms with Crippen molar-refractivity contribution in [2.24, 2.45) is 7.05 Å². The fourth-order valence-electron chi connectivity index (χ4n) is 6.69. The topological polar surface area (TPSA) is 548 Å². The number of hydrogen-bond donors (Lipinski definition) is 8. The van der Waals surface area contributed by atoms with Crippen molar-refractivity contribution in [3.63, 3.8) is 0 Å². The third kappa shape index (κ3) is 11.2. The van der Waals surface area contributed by atoms with Gasteiger partial charge < -0.3 is 79.1 Å². The first-order valence-electron chi connectivity index (χ1n) is 18.6. The molecule has 37 nitrogen and oxygen atoms in total. The maximum Gasteiger partial charge on any atom is 0.313 e. The lowest BCUT2D eigenvalue weighted by Gasteiger charge is -2.34. The SMILES string of the molecule is COC1[C@@H](O)[C@@H](COP(=O)([O-])OP(=O)([O-])OP(=O)([O-])c2cn(CCNP(=O)([O-])OP(=O)([O-])OC[C@H]3O[C@@H](n4cnc5c(=O)[nH]c(N)nc54)[C@@H](O)C3O)nn2)O[C@H]1[n+]1cn(C)c2c(=O)[nH]c(N)nc21. The van der Waals surface area contributed by atoms with E-state index < -0.39 is 131 Å². The Labute approximate surface area is 376 Å². The number of H-pyrrole nitrogens is 2. The molecule has 0 aromatic carbocycles. The molecule has 13 atom stereocenters. The zero-order chi connectivity index (χ0) is 49.9. The number of imidazole rings is 2. The first-order chi connectivity index (χ1) is 31.6. The summed E-state index contributed by atoms with van der Waals surface area (Å²) in [6, 6.07) is 0. The van der Waals surface area contributed by atoms with E-state index in [1.165, 1.54) is 22.5 Å². The van der Waals surface area contributed by atoms with E-state index in [1.54, 1.807) is 5.09 Å². The number of nitrogens with two attached hydrogens (primary N) is 2. The number of fused-ring (bicyclic) bond motifs is 2. The van der Waals surface area contributed by atoms with Gasteiger partial charge in [-0.05, 0) is 0 Å². The van der Waals surface area contributed by atoms with E-state index in [9.17, 15) is 72.2 Å². The molecule has 2 aliphatic heterocycles. The van der Waals surface area contributed by atoms with Crippen LogP contribution in [0.3, 0.4) is 0 Å². The van der Waals surface area contributed by atoms with Crippen molar-refractivity contribution in [1.29, 1.82) is 0 Å². The molecule has 2 aliphatic rings. The number of aromatic amines is 2. The predicted octanol–water partition coefficient (Wildman–Crippen LogP) is -8.24. The summed E-state index contributed by atoms with van der Waals surface area (Å²) < 4.78 is 104. The predicted molar refractivity (Wildman–Crippen MR) is 206 cm³/mol. The van der Waals surface area contributed by atoms with Gasteiger partial charge in [-0.1, -0.05) is 10.2 Å². The summed E-state index contributed by atoms with van der Waals surface area (Å²) in [6.07, 6.45) is -9.78. The van der Waals surface area contributed by atoms with Crippen LogP contribution in [0.25, 0.3) is 22.3 Å². The average molecular weight is 1070 g/mol. The number of aliphatic hydroxyl groups excluding tert-OH is 3. The first kappa shape index (κ1) is 51.8. The Kier molecular flexibility index (Phi) is 14.7. The van der Waals surface area contributed by atoms with Gasteiger partial charge >= 0.3 is 5.65 Å². The number of aliphatic hydroxyl groups is 3. The Bertz CT molecular complexity index is 3070. The average Bonchev–Trinajstić information content (AvgIpc) is 4.03. The van der Waals surface area contributed by atoms with Crippen molar-refractivity contribution >= 4 is 78.5 Å². The number of anilines is 2. The molecule has 5 aromatic rings. The number of aryl methyl sites for hydroxylation is 1. The van der Waals surface area contributed by atoms with Gasteiger partial charge in [0.1, 0.15) is 36.6 Å². The minimum Gasteiger partial charge on any atom is -0.774 e. The Morgan fingerprint density at radius 2 is 1.50 bits per heavy atom. The van der Waals surface area contributed by atoms with Gasteiger partial charge in [0.25, 0.3) is 40.5 Å². The molecule has 0 spiro atoms. The summed E-state index contributed by atoms with van der Waals surface area (Å²) in [5.74, 6) is -0.607. The van der Waals surface area contributed by atoms with E-state index in [4.69, 9.17) is 25.7 Å². The summed E-state index contributed by atoms with van der Waals surface area (Å²) in [5, 5.41) is 40.0. The fraction of sp³-hybridized carbons (Fsp3) is 0.538. The van der Waals surface area contributed by atoms with E-state index in [1.807, 2.05) is 0 Å². The van der Waals surface area contributed by atoms with Crippen LogP contribution in [-0.4, -0.2) is 128 Å². The van der Waals surface area contributed by atoms with Gasteiger partial charge in [0.05, 0.1) is 39.3 Å². The number of phosphoric ester groups is 2. The van der Waals surface area contributed by atoms with Crippen LogP contribution >= 0.6 is 38.8 Å². The maximum absolute atomic E-state index is 12.7. The molecule has 0 bridgehead atoms. The maximum atomic E-state index is 12.7. The Morgan fingerprint density at radius 1 is 0.868 bits per heavy atom. The molecular weight excluding hydrogens is 1030 g/mol. The fourth-order valence-corrected chi connectivity index (χ4v) is 12.6. The Hall–Kier alpha value is -4.09. The van der Waals surface area contributed by atoms with Crippen LogP contribution in [0.4, 0.5) is 11.9 Å². The monoisotopic (exact) mass is 1070 g/mol. The van der Waals surface area contributed by atoms with Crippen molar-refractivity contribution in [2.45, 2.75) is 55.6 Å². The smallest absolute Gasteiger partial charge is 0.313 e. The quantitative estimate of drug-likeness (QED) is 0.0265. The van der Waals surface area contributed by atoms with Gasteiger partial charge in [0.2, 0.25) is 25.4 Å². The van der Waals surface area contributed by atoms with Crippen molar-refractivity contribution in [3.8, 4) is 0 Å². The molecule has 68 heavy (non-hydrogen) atoms. The lowest BCUT2D eigenvalue weighted by molar-refractivity contribution is -0.746. The second-order valence-corrected chi connectivity index (χ2v) is 22.2. The number of hydrogen-bond acceptors (Lipinski definition) is 30. The molecule has 7 unspecified atom stereocenters.